The number of hydrogen-bond acceptors (Lipinski definition) is 3. The van der Waals surface area contributed by atoms with Gasteiger partial charge in [-0.2, -0.15) is 0 Å². The first-order valence-corrected chi connectivity index (χ1v) is 6.31. The van der Waals surface area contributed by atoms with E-state index in [1.165, 1.54) is 5.56 Å². The largest absolute Gasteiger partial charge is 0.493 e. The van der Waals surface area contributed by atoms with Crippen molar-refractivity contribution in [1.82, 2.24) is 5.32 Å². The minimum atomic E-state index is 0.369. The van der Waals surface area contributed by atoms with Crippen LogP contribution in [0.3, 0.4) is 0 Å². The molecule has 1 aromatic rings. The van der Waals surface area contributed by atoms with E-state index in [-0.39, 0.29) is 0 Å². The molecule has 1 aliphatic heterocycles. The predicted octanol–water partition coefficient (Wildman–Crippen LogP) is 2.76. The van der Waals surface area contributed by atoms with Gasteiger partial charge in [-0.15, -0.1) is 0 Å². The van der Waals surface area contributed by atoms with Crippen LogP contribution in [0.25, 0.3) is 0 Å². The lowest BCUT2D eigenvalue weighted by molar-refractivity contribution is 0.181. The fraction of sp³-hybridized carbons (Fsp3) is 0.571. The van der Waals surface area contributed by atoms with Gasteiger partial charge < -0.3 is 14.8 Å². The molecule has 1 N–H and O–H groups in total. The molecule has 17 heavy (non-hydrogen) atoms. The zero-order chi connectivity index (χ0) is 12.3. The van der Waals surface area contributed by atoms with Crippen molar-refractivity contribution in [3.8, 4) is 11.5 Å². The Bertz CT molecular complexity index is 378. The van der Waals surface area contributed by atoms with E-state index in [9.17, 15) is 0 Å². The minimum absolute atomic E-state index is 0.369. The molecule has 2 atom stereocenters. The molecule has 0 spiro atoms. The maximum Gasteiger partial charge on any atom is 0.165 e. The molecule has 3 nitrogen and oxygen atoms in total. The van der Waals surface area contributed by atoms with E-state index >= 15 is 0 Å². The fourth-order valence-electron chi connectivity index (χ4n) is 2.32. The van der Waals surface area contributed by atoms with E-state index in [4.69, 9.17) is 9.47 Å². The molecular weight excluding hydrogens is 214 g/mol. The summed E-state index contributed by atoms with van der Waals surface area (Å²) < 4.78 is 11.2. The van der Waals surface area contributed by atoms with Crippen molar-refractivity contribution in [2.24, 2.45) is 5.92 Å². The van der Waals surface area contributed by atoms with E-state index in [0.29, 0.717) is 12.0 Å². The number of benzene rings is 1. The van der Waals surface area contributed by atoms with Gasteiger partial charge in [-0.25, -0.2) is 0 Å². The van der Waals surface area contributed by atoms with Crippen LogP contribution >= 0.6 is 0 Å². The van der Waals surface area contributed by atoms with Gasteiger partial charge in [0.2, 0.25) is 0 Å². The molecule has 0 bridgehead atoms. The molecule has 0 saturated heterocycles. The highest BCUT2D eigenvalue weighted by atomic mass is 16.5. The number of para-hydroxylation sites is 1. The second kappa shape index (κ2) is 5.41. The molecule has 94 valence electrons. The van der Waals surface area contributed by atoms with E-state index < -0.39 is 0 Å². The molecule has 2 unspecified atom stereocenters. The monoisotopic (exact) mass is 235 g/mol. The van der Waals surface area contributed by atoms with Gasteiger partial charge in [0, 0.05) is 17.5 Å². The summed E-state index contributed by atoms with van der Waals surface area (Å²) in [5.74, 6) is 2.22. The zero-order valence-electron chi connectivity index (χ0n) is 10.8. The molecule has 0 fully saturated rings. The van der Waals surface area contributed by atoms with Crippen molar-refractivity contribution in [1.29, 1.82) is 0 Å². The Kier molecular flexibility index (Phi) is 3.89. The lowest BCUT2D eigenvalue weighted by Gasteiger charge is -2.33. The summed E-state index contributed by atoms with van der Waals surface area (Å²) in [5, 5.41) is 3.59. The van der Waals surface area contributed by atoms with Crippen LogP contribution in [0.4, 0.5) is 0 Å². The molecule has 1 heterocycles. The molecular formula is C14H21NO2. The molecule has 0 radical (unpaired) electrons. The number of fused-ring (bicyclic) bond motifs is 1. The quantitative estimate of drug-likeness (QED) is 0.870. The summed E-state index contributed by atoms with van der Waals surface area (Å²) >= 11 is 0. The Labute approximate surface area is 103 Å². The average molecular weight is 235 g/mol. The predicted molar refractivity (Wildman–Crippen MR) is 68.7 cm³/mol. The van der Waals surface area contributed by atoms with Crippen molar-refractivity contribution in [2.75, 3.05) is 20.3 Å². The van der Waals surface area contributed by atoms with Crippen LogP contribution in [0, 0.1) is 5.92 Å². The highest BCUT2D eigenvalue weighted by Crippen LogP contribution is 2.41. The van der Waals surface area contributed by atoms with Gasteiger partial charge in [0.15, 0.2) is 11.5 Å². The summed E-state index contributed by atoms with van der Waals surface area (Å²) in [5.41, 5.74) is 1.22. The maximum atomic E-state index is 5.80. The standard InChI is InChI=1S/C14H21NO2/c1-4-8-15-13-10(2)9-17-14-11(13)6-5-7-12(14)16-3/h5-7,10,13,15H,4,8-9H2,1-3H3. The first-order valence-electron chi connectivity index (χ1n) is 6.31. The van der Waals surface area contributed by atoms with Gasteiger partial charge in [-0.1, -0.05) is 26.0 Å². The van der Waals surface area contributed by atoms with Gasteiger partial charge in [0.25, 0.3) is 0 Å². The topological polar surface area (TPSA) is 30.5 Å². The van der Waals surface area contributed by atoms with Crippen molar-refractivity contribution in [3.05, 3.63) is 23.8 Å². The van der Waals surface area contributed by atoms with E-state index in [1.807, 2.05) is 12.1 Å². The third kappa shape index (κ3) is 2.39. The Morgan fingerprint density at radius 1 is 1.47 bits per heavy atom. The summed E-state index contributed by atoms with van der Waals surface area (Å²) in [7, 11) is 1.69. The van der Waals surface area contributed by atoms with Crippen molar-refractivity contribution < 1.29 is 9.47 Å². The summed E-state index contributed by atoms with van der Waals surface area (Å²) in [6.07, 6.45) is 1.14. The van der Waals surface area contributed by atoms with Gasteiger partial charge in [-0.05, 0) is 19.0 Å². The van der Waals surface area contributed by atoms with Crippen LogP contribution in [-0.4, -0.2) is 20.3 Å². The van der Waals surface area contributed by atoms with E-state index in [2.05, 4.69) is 25.2 Å². The normalized spacial score (nSPS) is 22.8. The van der Waals surface area contributed by atoms with Crippen LogP contribution in [0.1, 0.15) is 31.9 Å². The lowest BCUT2D eigenvalue weighted by atomic mass is 9.91. The van der Waals surface area contributed by atoms with E-state index in [1.54, 1.807) is 7.11 Å². The number of rotatable bonds is 4. The maximum absolute atomic E-state index is 5.80. The van der Waals surface area contributed by atoms with Crippen LogP contribution in [-0.2, 0) is 0 Å². The Hall–Kier alpha value is -1.22. The highest BCUT2D eigenvalue weighted by molar-refractivity contribution is 5.49. The zero-order valence-corrected chi connectivity index (χ0v) is 10.8. The van der Waals surface area contributed by atoms with Gasteiger partial charge in [0.1, 0.15) is 0 Å². The molecule has 0 amide bonds. The first-order chi connectivity index (χ1) is 8.27. The van der Waals surface area contributed by atoms with Crippen LogP contribution < -0.4 is 14.8 Å². The molecule has 1 aliphatic rings. The van der Waals surface area contributed by atoms with Crippen LogP contribution in [0.2, 0.25) is 0 Å². The summed E-state index contributed by atoms with van der Waals surface area (Å²) in [6, 6.07) is 6.47. The third-order valence-corrected chi connectivity index (χ3v) is 3.24. The van der Waals surface area contributed by atoms with Crippen LogP contribution in [0.15, 0.2) is 18.2 Å². The molecule has 0 aromatic heterocycles. The molecule has 3 heteroatoms. The number of hydrogen-bond donors (Lipinski definition) is 1. The van der Waals surface area contributed by atoms with Crippen molar-refractivity contribution in [3.63, 3.8) is 0 Å². The minimum Gasteiger partial charge on any atom is -0.493 e. The smallest absolute Gasteiger partial charge is 0.165 e. The molecule has 0 saturated carbocycles. The van der Waals surface area contributed by atoms with Gasteiger partial charge in [-0.3, -0.25) is 0 Å². The Morgan fingerprint density at radius 2 is 2.29 bits per heavy atom. The van der Waals surface area contributed by atoms with Gasteiger partial charge >= 0.3 is 0 Å². The molecule has 0 aliphatic carbocycles. The highest BCUT2D eigenvalue weighted by Gasteiger charge is 2.29. The molecule has 1 aromatic carbocycles. The summed E-state index contributed by atoms with van der Waals surface area (Å²) in [4.78, 5) is 0. The summed E-state index contributed by atoms with van der Waals surface area (Å²) in [6.45, 7) is 6.18. The van der Waals surface area contributed by atoms with Crippen LogP contribution in [0.5, 0.6) is 11.5 Å². The van der Waals surface area contributed by atoms with Crippen molar-refractivity contribution in [2.45, 2.75) is 26.3 Å². The number of ether oxygens (including phenoxy) is 2. The average Bonchev–Trinajstić information content (AvgIpc) is 2.36. The number of methoxy groups -OCH3 is 1. The molecule has 2 rings (SSSR count). The second-order valence-electron chi connectivity index (χ2n) is 4.60. The number of nitrogens with one attached hydrogen (secondary N) is 1. The lowest BCUT2D eigenvalue weighted by Crippen LogP contribution is -2.34. The SMILES string of the molecule is CCCNC1c2cccc(OC)c2OCC1C. The van der Waals surface area contributed by atoms with Crippen molar-refractivity contribution >= 4 is 0 Å². The third-order valence-electron chi connectivity index (χ3n) is 3.24. The Balaban J connectivity index is 2.30. The fourth-order valence-corrected chi connectivity index (χ4v) is 2.32. The van der Waals surface area contributed by atoms with E-state index in [0.717, 1.165) is 31.1 Å². The Morgan fingerprint density at radius 3 is 3.00 bits per heavy atom. The van der Waals surface area contributed by atoms with Gasteiger partial charge in [0.05, 0.1) is 13.7 Å². The first kappa shape index (κ1) is 12.2. The second-order valence-corrected chi connectivity index (χ2v) is 4.60.